The summed E-state index contributed by atoms with van der Waals surface area (Å²) in [4.78, 5) is 0. The van der Waals surface area contributed by atoms with E-state index in [1.54, 1.807) is 0 Å². The van der Waals surface area contributed by atoms with Gasteiger partial charge in [-0.15, -0.1) is 0 Å². The quantitative estimate of drug-likeness (QED) is 0.853. The lowest BCUT2D eigenvalue weighted by atomic mass is 10.2. The van der Waals surface area contributed by atoms with Crippen LogP contribution in [0, 0.1) is 0 Å². The molecule has 94 valence electrons. The third kappa shape index (κ3) is 2.68. The van der Waals surface area contributed by atoms with E-state index in [0.717, 1.165) is 44.8 Å². The number of ether oxygens (including phenoxy) is 2. The second-order valence-electron chi connectivity index (χ2n) is 4.63. The van der Waals surface area contributed by atoms with Crippen LogP contribution in [0.5, 0.6) is 0 Å². The number of aromatic nitrogens is 2. The van der Waals surface area contributed by atoms with Gasteiger partial charge >= 0.3 is 0 Å². The molecule has 1 saturated heterocycles. The first-order chi connectivity index (χ1) is 8.42. The molecule has 1 aromatic heterocycles. The van der Waals surface area contributed by atoms with Gasteiger partial charge in [0.1, 0.15) is 0 Å². The molecule has 1 N–H and O–H groups in total. The predicted octanol–water partition coefficient (Wildman–Crippen LogP) is 1.03. The Labute approximate surface area is 101 Å². The highest BCUT2D eigenvalue weighted by Crippen LogP contribution is 2.16. The van der Waals surface area contributed by atoms with E-state index in [-0.39, 0.29) is 6.29 Å². The normalized spacial score (nSPS) is 24.6. The first-order valence-corrected chi connectivity index (χ1v) is 6.41. The van der Waals surface area contributed by atoms with E-state index in [9.17, 15) is 0 Å². The minimum Gasteiger partial charge on any atom is -0.353 e. The molecule has 0 aliphatic carbocycles. The minimum absolute atomic E-state index is 0.0272. The first-order valence-electron chi connectivity index (χ1n) is 6.41. The van der Waals surface area contributed by atoms with Crippen LogP contribution in [0.25, 0.3) is 0 Å². The van der Waals surface area contributed by atoms with Crippen molar-refractivity contribution >= 4 is 0 Å². The third-order valence-electron chi connectivity index (χ3n) is 3.28. The third-order valence-corrected chi connectivity index (χ3v) is 3.28. The highest BCUT2D eigenvalue weighted by Gasteiger charge is 2.16. The van der Waals surface area contributed by atoms with Crippen molar-refractivity contribution in [2.45, 2.75) is 45.2 Å². The number of fused-ring (bicyclic) bond motifs is 1. The van der Waals surface area contributed by atoms with Crippen LogP contribution in [0.4, 0.5) is 0 Å². The van der Waals surface area contributed by atoms with E-state index in [2.05, 4.69) is 21.2 Å². The summed E-state index contributed by atoms with van der Waals surface area (Å²) in [6.07, 6.45) is 3.34. The van der Waals surface area contributed by atoms with E-state index in [0.29, 0.717) is 6.61 Å². The van der Waals surface area contributed by atoms with E-state index in [1.807, 2.05) is 0 Å². The molecule has 3 rings (SSSR count). The van der Waals surface area contributed by atoms with E-state index >= 15 is 0 Å². The molecule has 0 spiro atoms. The van der Waals surface area contributed by atoms with E-state index in [4.69, 9.17) is 9.47 Å². The zero-order valence-electron chi connectivity index (χ0n) is 10.0. The van der Waals surface area contributed by atoms with Crippen LogP contribution in [-0.4, -0.2) is 29.2 Å². The fourth-order valence-corrected chi connectivity index (χ4v) is 2.34. The molecule has 0 saturated carbocycles. The zero-order valence-corrected chi connectivity index (χ0v) is 10.0. The van der Waals surface area contributed by atoms with E-state index in [1.165, 1.54) is 12.1 Å². The molecule has 5 heteroatoms. The molecular weight excluding hydrogens is 218 g/mol. The number of rotatable bonds is 3. The van der Waals surface area contributed by atoms with Crippen LogP contribution >= 0.6 is 0 Å². The van der Waals surface area contributed by atoms with E-state index < -0.39 is 0 Å². The second-order valence-corrected chi connectivity index (χ2v) is 4.63. The molecule has 2 aliphatic heterocycles. The molecule has 3 heterocycles. The molecule has 1 unspecified atom stereocenters. The maximum atomic E-state index is 5.73. The lowest BCUT2D eigenvalue weighted by Gasteiger charge is -2.22. The van der Waals surface area contributed by atoms with Crippen molar-refractivity contribution in [3.63, 3.8) is 0 Å². The molecular formula is C12H19N3O2. The average molecular weight is 237 g/mol. The summed E-state index contributed by atoms with van der Waals surface area (Å²) >= 11 is 0. The first kappa shape index (κ1) is 11.2. The Balaban J connectivity index is 1.55. The smallest absolute Gasteiger partial charge is 0.158 e. The van der Waals surface area contributed by atoms with Gasteiger partial charge in [-0.3, -0.25) is 4.68 Å². The van der Waals surface area contributed by atoms with Gasteiger partial charge in [0.05, 0.1) is 24.5 Å². The largest absolute Gasteiger partial charge is 0.353 e. The molecule has 2 aliphatic rings. The Morgan fingerprint density at radius 2 is 2.53 bits per heavy atom. The van der Waals surface area contributed by atoms with Gasteiger partial charge in [0.25, 0.3) is 0 Å². The molecule has 1 atom stereocenters. The average Bonchev–Trinajstić information content (AvgIpc) is 2.80. The van der Waals surface area contributed by atoms with Crippen molar-refractivity contribution in [3.8, 4) is 0 Å². The fourth-order valence-electron chi connectivity index (χ4n) is 2.34. The summed E-state index contributed by atoms with van der Waals surface area (Å²) in [5.74, 6) is 0. The monoisotopic (exact) mass is 237 g/mol. The maximum Gasteiger partial charge on any atom is 0.158 e. The molecule has 0 aromatic carbocycles. The Hall–Kier alpha value is -0.910. The van der Waals surface area contributed by atoms with Crippen LogP contribution in [0.3, 0.4) is 0 Å². The Morgan fingerprint density at radius 3 is 3.35 bits per heavy atom. The predicted molar refractivity (Wildman–Crippen MR) is 62.3 cm³/mol. The number of hydrogen-bond donors (Lipinski definition) is 1. The van der Waals surface area contributed by atoms with Crippen molar-refractivity contribution in [3.05, 3.63) is 17.5 Å². The summed E-state index contributed by atoms with van der Waals surface area (Å²) < 4.78 is 13.3. The van der Waals surface area contributed by atoms with Crippen molar-refractivity contribution in [2.75, 3.05) is 13.2 Å². The summed E-state index contributed by atoms with van der Waals surface area (Å²) in [5, 5.41) is 7.86. The number of nitrogens with one attached hydrogen (secondary N) is 1. The van der Waals surface area contributed by atoms with Gasteiger partial charge in [0.2, 0.25) is 0 Å². The van der Waals surface area contributed by atoms with Crippen LogP contribution in [-0.2, 0) is 29.2 Å². The standard InChI is InChI=1S/C12H19N3O2/c1-2-6-16-12(3-1)17-9-10-7-11-8-13-4-5-15(11)14-10/h7,12-13H,1-6,8-9H2. The van der Waals surface area contributed by atoms with Crippen LogP contribution in [0.2, 0.25) is 0 Å². The summed E-state index contributed by atoms with van der Waals surface area (Å²) in [5.41, 5.74) is 2.26. The van der Waals surface area contributed by atoms with Gasteiger partial charge < -0.3 is 14.8 Å². The molecule has 5 nitrogen and oxygen atoms in total. The maximum absolute atomic E-state index is 5.73. The summed E-state index contributed by atoms with van der Waals surface area (Å²) in [6, 6.07) is 2.12. The van der Waals surface area contributed by atoms with Crippen molar-refractivity contribution in [2.24, 2.45) is 0 Å². The van der Waals surface area contributed by atoms with Crippen LogP contribution in [0.1, 0.15) is 30.7 Å². The fraction of sp³-hybridized carbons (Fsp3) is 0.750. The highest BCUT2D eigenvalue weighted by atomic mass is 16.7. The Morgan fingerprint density at radius 1 is 1.53 bits per heavy atom. The second kappa shape index (κ2) is 5.16. The van der Waals surface area contributed by atoms with Crippen molar-refractivity contribution in [1.82, 2.24) is 15.1 Å². The number of nitrogens with zero attached hydrogens (tertiary/aromatic N) is 2. The van der Waals surface area contributed by atoms with Crippen molar-refractivity contribution < 1.29 is 9.47 Å². The molecule has 0 amide bonds. The highest BCUT2D eigenvalue weighted by molar-refractivity contribution is 5.11. The van der Waals surface area contributed by atoms with Gasteiger partial charge in [-0.1, -0.05) is 0 Å². The topological polar surface area (TPSA) is 48.3 Å². The lowest BCUT2D eigenvalue weighted by Crippen LogP contribution is -2.28. The zero-order chi connectivity index (χ0) is 11.5. The van der Waals surface area contributed by atoms with Crippen LogP contribution in [0.15, 0.2) is 6.07 Å². The van der Waals surface area contributed by atoms with Crippen LogP contribution < -0.4 is 5.32 Å². The van der Waals surface area contributed by atoms with Gasteiger partial charge in [-0.25, -0.2) is 0 Å². The van der Waals surface area contributed by atoms with Crippen molar-refractivity contribution in [1.29, 1.82) is 0 Å². The summed E-state index contributed by atoms with van der Waals surface area (Å²) in [6.45, 7) is 4.25. The van der Waals surface area contributed by atoms with Gasteiger partial charge in [0.15, 0.2) is 6.29 Å². The molecule has 17 heavy (non-hydrogen) atoms. The molecule has 0 radical (unpaired) electrons. The SMILES string of the molecule is c1c(COC2CCCCO2)nn2c1CNCC2. The molecule has 1 fully saturated rings. The summed E-state index contributed by atoms with van der Waals surface area (Å²) in [7, 11) is 0. The van der Waals surface area contributed by atoms with Gasteiger partial charge in [-0.05, 0) is 25.3 Å². The Bertz CT molecular complexity index is 348. The minimum atomic E-state index is -0.0272. The molecule has 0 bridgehead atoms. The lowest BCUT2D eigenvalue weighted by molar-refractivity contribution is -0.169. The Kier molecular flexibility index (Phi) is 3.40. The molecule has 1 aromatic rings. The van der Waals surface area contributed by atoms with Gasteiger partial charge in [-0.2, -0.15) is 5.10 Å². The van der Waals surface area contributed by atoms with Gasteiger partial charge in [0, 0.05) is 19.7 Å². The number of hydrogen-bond acceptors (Lipinski definition) is 4.